The first-order valence-electron chi connectivity index (χ1n) is 11.9. The number of ether oxygens (including phenoxy) is 1. The maximum absolute atomic E-state index is 12.7. The molecule has 4 rings (SSSR count). The van der Waals surface area contributed by atoms with Crippen molar-refractivity contribution < 1.29 is 24.2 Å². The molecule has 1 fully saturated rings. The summed E-state index contributed by atoms with van der Waals surface area (Å²) in [6.07, 6.45) is 1.96. The number of fused-ring (bicyclic) bond motifs is 3. The number of rotatable bonds is 10. The molecule has 0 aliphatic heterocycles. The van der Waals surface area contributed by atoms with Crippen molar-refractivity contribution in [3.8, 4) is 11.1 Å². The first kappa shape index (κ1) is 23.8. The van der Waals surface area contributed by atoms with E-state index >= 15 is 0 Å². The van der Waals surface area contributed by atoms with Crippen LogP contribution in [-0.4, -0.2) is 52.7 Å². The predicted molar refractivity (Wildman–Crippen MR) is 129 cm³/mol. The number of amides is 2. The van der Waals surface area contributed by atoms with Gasteiger partial charge in [-0.15, -0.1) is 0 Å². The van der Waals surface area contributed by atoms with Gasteiger partial charge in [-0.2, -0.15) is 0 Å². The third-order valence-corrected chi connectivity index (χ3v) is 6.62. The second kappa shape index (κ2) is 9.87. The molecule has 1 saturated carbocycles. The number of carbonyl (C=O) groups is 3. The molecule has 0 heterocycles. The lowest BCUT2D eigenvalue weighted by molar-refractivity contribution is -0.138. The molecule has 0 radical (unpaired) electrons. The number of carboxylic acid groups (broad SMARTS) is 1. The zero-order chi connectivity index (χ0) is 24.3. The van der Waals surface area contributed by atoms with Gasteiger partial charge in [0.1, 0.15) is 6.61 Å². The summed E-state index contributed by atoms with van der Waals surface area (Å²) in [7, 11) is 0. The molecule has 0 bridgehead atoms. The summed E-state index contributed by atoms with van der Waals surface area (Å²) in [5.41, 5.74) is 4.02. The molecular weight excluding hydrogens is 432 g/mol. The van der Waals surface area contributed by atoms with Crippen molar-refractivity contribution in [2.75, 3.05) is 13.2 Å². The Bertz CT molecular complexity index is 1030. The molecule has 2 amide bonds. The van der Waals surface area contributed by atoms with Gasteiger partial charge < -0.3 is 20.1 Å². The van der Waals surface area contributed by atoms with E-state index in [1.54, 1.807) is 4.90 Å². The summed E-state index contributed by atoms with van der Waals surface area (Å²) < 4.78 is 5.63. The summed E-state index contributed by atoms with van der Waals surface area (Å²) in [6, 6.07) is 16.5. The third-order valence-electron chi connectivity index (χ3n) is 6.62. The van der Waals surface area contributed by atoms with Crippen molar-refractivity contribution in [2.45, 2.75) is 63.5 Å². The van der Waals surface area contributed by atoms with E-state index in [0.717, 1.165) is 24.0 Å². The van der Waals surface area contributed by atoms with Gasteiger partial charge in [0, 0.05) is 30.5 Å². The van der Waals surface area contributed by atoms with Gasteiger partial charge in [-0.1, -0.05) is 48.5 Å². The highest BCUT2D eigenvalue weighted by atomic mass is 16.5. The summed E-state index contributed by atoms with van der Waals surface area (Å²) in [4.78, 5) is 37.9. The summed E-state index contributed by atoms with van der Waals surface area (Å²) in [6.45, 7) is 4.19. The molecule has 180 valence electrons. The maximum atomic E-state index is 12.7. The molecule has 2 N–H and O–H groups in total. The van der Waals surface area contributed by atoms with Crippen LogP contribution in [0.3, 0.4) is 0 Å². The fourth-order valence-corrected chi connectivity index (χ4v) is 4.65. The van der Waals surface area contributed by atoms with E-state index in [1.807, 2.05) is 38.1 Å². The molecule has 2 aromatic rings. The molecule has 7 nitrogen and oxygen atoms in total. The smallest absolute Gasteiger partial charge is 0.407 e. The van der Waals surface area contributed by atoms with Crippen molar-refractivity contribution in [3.05, 3.63) is 59.7 Å². The van der Waals surface area contributed by atoms with Gasteiger partial charge in [0.15, 0.2) is 0 Å². The van der Waals surface area contributed by atoms with Crippen molar-refractivity contribution in [1.29, 1.82) is 0 Å². The molecule has 2 aliphatic carbocycles. The van der Waals surface area contributed by atoms with Gasteiger partial charge in [-0.05, 0) is 55.4 Å². The van der Waals surface area contributed by atoms with Crippen molar-refractivity contribution in [2.24, 2.45) is 0 Å². The highest BCUT2D eigenvalue weighted by molar-refractivity contribution is 5.79. The molecule has 0 atom stereocenters. The van der Waals surface area contributed by atoms with E-state index in [2.05, 4.69) is 29.6 Å². The standard InChI is InChI=1S/C27H32N2O5/c1-27(2,15-13-24(30)29(18-11-12-18)16-14-25(31)32)28-26(33)34-17-23-21-9-5-3-7-19(21)20-8-4-6-10-22(20)23/h3-10,18,23H,11-17H2,1-2H3,(H,28,33)(H,31,32). The van der Waals surface area contributed by atoms with Crippen LogP contribution in [0.25, 0.3) is 11.1 Å². The number of hydrogen-bond donors (Lipinski definition) is 2. The van der Waals surface area contributed by atoms with E-state index < -0.39 is 17.6 Å². The maximum Gasteiger partial charge on any atom is 0.407 e. The first-order chi connectivity index (χ1) is 16.2. The normalized spacial score (nSPS) is 14.8. The van der Waals surface area contributed by atoms with Gasteiger partial charge in [0.25, 0.3) is 0 Å². The van der Waals surface area contributed by atoms with Crippen molar-refractivity contribution >= 4 is 18.0 Å². The first-order valence-corrected chi connectivity index (χ1v) is 11.9. The van der Waals surface area contributed by atoms with E-state index in [1.165, 1.54) is 11.1 Å². The van der Waals surface area contributed by atoms with Gasteiger partial charge in [0.2, 0.25) is 5.91 Å². The summed E-state index contributed by atoms with van der Waals surface area (Å²) >= 11 is 0. The number of alkyl carbamates (subject to hydrolysis) is 1. The Labute approximate surface area is 200 Å². The van der Waals surface area contributed by atoms with Crippen LogP contribution in [0.15, 0.2) is 48.5 Å². The summed E-state index contributed by atoms with van der Waals surface area (Å²) in [5, 5.41) is 11.8. The van der Waals surface area contributed by atoms with E-state index in [-0.39, 0.29) is 43.9 Å². The van der Waals surface area contributed by atoms with Crippen LogP contribution in [-0.2, 0) is 14.3 Å². The molecule has 34 heavy (non-hydrogen) atoms. The van der Waals surface area contributed by atoms with Crippen LogP contribution in [0.2, 0.25) is 0 Å². The second-order valence-corrected chi connectivity index (χ2v) is 9.80. The molecule has 7 heteroatoms. The van der Waals surface area contributed by atoms with E-state index in [4.69, 9.17) is 9.84 Å². The number of carboxylic acids is 1. The van der Waals surface area contributed by atoms with Gasteiger partial charge >= 0.3 is 12.1 Å². The van der Waals surface area contributed by atoms with Crippen LogP contribution in [0.4, 0.5) is 4.79 Å². The Kier molecular flexibility index (Phi) is 6.91. The minimum Gasteiger partial charge on any atom is -0.481 e. The van der Waals surface area contributed by atoms with Crippen LogP contribution in [0, 0.1) is 0 Å². The average molecular weight is 465 g/mol. The molecule has 0 unspecified atom stereocenters. The number of nitrogens with zero attached hydrogens (tertiary/aromatic N) is 1. The van der Waals surface area contributed by atoms with Crippen molar-refractivity contribution in [1.82, 2.24) is 10.2 Å². The molecule has 2 aliphatic rings. The lowest BCUT2D eigenvalue weighted by Gasteiger charge is -2.28. The Morgan fingerprint density at radius 2 is 1.59 bits per heavy atom. The van der Waals surface area contributed by atoms with Crippen molar-refractivity contribution in [3.63, 3.8) is 0 Å². The lowest BCUT2D eigenvalue weighted by atomic mass is 9.97. The van der Waals surface area contributed by atoms with Crippen LogP contribution >= 0.6 is 0 Å². The topological polar surface area (TPSA) is 95.9 Å². The highest BCUT2D eigenvalue weighted by Gasteiger charge is 2.34. The lowest BCUT2D eigenvalue weighted by Crippen LogP contribution is -2.45. The number of nitrogens with one attached hydrogen (secondary N) is 1. The minimum atomic E-state index is -0.907. The zero-order valence-electron chi connectivity index (χ0n) is 19.8. The number of carbonyl (C=O) groups excluding carboxylic acids is 2. The third kappa shape index (κ3) is 5.58. The van der Waals surface area contributed by atoms with Gasteiger partial charge in [-0.3, -0.25) is 9.59 Å². The zero-order valence-corrected chi connectivity index (χ0v) is 19.8. The predicted octanol–water partition coefficient (Wildman–Crippen LogP) is 4.55. The van der Waals surface area contributed by atoms with Gasteiger partial charge in [0.05, 0.1) is 6.42 Å². The Morgan fingerprint density at radius 1 is 1.00 bits per heavy atom. The van der Waals surface area contributed by atoms with Crippen LogP contribution in [0.5, 0.6) is 0 Å². The fourth-order valence-electron chi connectivity index (χ4n) is 4.65. The Hall–Kier alpha value is -3.35. The quantitative estimate of drug-likeness (QED) is 0.538. The monoisotopic (exact) mass is 464 g/mol. The highest BCUT2D eigenvalue weighted by Crippen LogP contribution is 2.44. The molecular formula is C27H32N2O5. The molecule has 0 saturated heterocycles. The van der Waals surface area contributed by atoms with E-state index in [9.17, 15) is 14.4 Å². The largest absolute Gasteiger partial charge is 0.481 e. The SMILES string of the molecule is CC(C)(CCC(=O)N(CCC(=O)O)C1CC1)NC(=O)OCC1c2ccccc2-c2ccccc21. The number of hydrogen-bond acceptors (Lipinski definition) is 4. The van der Waals surface area contributed by atoms with E-state index in [0.29, 0.717) is 6.42 Å². The summed E-state index contributed by atoms with van der Waals surface area (Å²) in [5.74, 6) is -0.981. The molecule has 0 aromatic heterocycles. The fraction of sp³-hybridized carbons (Fsp3) is 0.444. The second-order valence-electron chi connectivity index (χ2n) is 9.80. The Balaban J connectivity index is 1.30. The van der Waals surface area contributed by atoms with Crippen LogP contribution < -0.4 is 5.32 Å². The number of aliphatic carboxylic acids is 1. The molecule has 2 aromatic carbocycles. The average Bonchev–Trinajstić information content (AvgIpc) is 3.58. The van der Waals surface area contributed by atoms with Crippen LogP contribution in [0.1, 0.15) is 63.0 Å². The minimum absolute atomic E-state index is 0.0100. The Morgan fingerprint density at radius 3 is 2.15 bits per heavy atom. The van der Waals surface area contributed by atoms with Gasteiger partial charge in [-0.25, -0.2) is 4.79 Å². The number of benzene rings is 2. The molecule has 0 spiro atoms.